The van der Waals surface area contributed by atoms with E-state index in [-0.39, 0.29) is 12.0 Å². The number of nitrogens with one attached hydrogen (secondary N) is 2. The highest BCUT2D eigenvalue weighted by atomic mass is 19.2. The van der Waals surface area contributed by atoms with E-state index >= 15 is 0 Å². The molecule has 0 fully saturated rings. The van der Waals surface area contributed by atoms with Gasteiger partial charge in [0.25, 0.3) is 5.91 Å². The molecule has 6 nitrogen and oxygen atoms in total. The summed E-state index contributed by atoms with van der Waals surface area (Å²) in [4.78, 5) is 35.7. The van der Waals surface area contributed by atoms with Gasteiger partial charge in [-0.25, -0.2) is 8.78 Å². The quantitative estimate of drug-likeness (QED) is 0.725. The molecule has 0 radical (unpaired) electrons. The molecule has 0 aromatic heterocycles. The van der Waals surface area contributed by atoms with E-state index in [1.165, 1.54) is 7.11 Å². The van der Waals surface area contributed by atoms with Crippen LogP contribution in [0.4, 0.5) is 8.78 Å². The minimum atomic E-state index is -1.16. The molecule has 0 unspecified atom stereocenters. The van der Waals surface area contributed by atoms with Crippen LogP contribution in [0.2, 0.25) is 0 Å². The first-order valence-electron chi connectivity index (χ1n) is 8.05. The average Bonchev–Trinajstić information content (AvgIpc) is 2.68. The van der Waals surface area contributed by atoms with Crippen LogP contribution in [0.1, 0.15) is 28.4 Å². The number of benzene rings is 2. The zero-order chi connectivity index (χ0) is 19.8. The van der Waals surface area contributed by atoms with Crippen molar-refractivity contribution in [2.75, 3.05) is 13.7 Å². The Hall–Kier alpha value is -3.29. The molecule has 142 valence electrons. The van der Waals surface area contributed by atoms with Crippen molar-refractivity contribution in [3.8, 4) is 0 Å². The molecule has 2 amide bonds. The summed E-state index contributed by atoms with van der Waals surface area (Å²) in [5, 5.41) is 4.95. The van der Waals surface area contributed by atoms with Gasteiger partial charge in [-0.3, -0.25) is 14.4 Å². The number of hydrogen-bond donors (Lipinski definition) is 2. The molecule has 0 saturated heterocycles. The van der Waals surface area contributed by atoms with Gasteiger partial charge in [0.1, 0.15) is 0 Å². The Morgan fingerprint density at radius 1 is 1.04 bits per heavy atom. The summed E-state index contributed by atoms with van der Waals surface area (Å²) in [6.45, 7) is -0.400. The summed E-state index contributed by atoms with van der Waals surface area (Å²) >= 11 is 0. The first kappa shape index (κ1) is 20.0. The van der Waals surface area contributed by atoms with Gasteiger partial charge in [0.2, 0.25) is 5.91 Å². The van der Waals surface area contributed by atoms with Crippen molar-refractivity contribution in [2.45, 2.75) is 12.5 Å². The van der Waals surface area contributed by atoms with Crippen LogP contribution in [0.3, 0.4) is 0 Å². The molecule has 8 heteroatoms. The van der Waals surface area contributed by atoms with Crippen LogP contribution in [0.25, 0.3) is 0 Å². The van der Waals surface area contributed by atoms with Crippen LogP contribution in [-0.4, -0.2) is 31.4 Å². The van der Waals surface area contributed by atoms with E-state index in [0.717, 1.165) is 18.2 Å². The first-order valence-corrected chi connectivity index (χ1v) is 8.05. The lowest BCUT2D eigenvalue weighted by atomic mass is 10.0. The number of halogens is 2. The Morgan fingerprint density at radius 2 is 1.74 bits per heavy atom. The van der Waals surface area contributed by atoms with Gasteiger partial charge in [-0.1, -0.05) is 30.3 Å². The fraction of sp³-hybridized carbons (Fsp3) is 0.211. The van der Waals surface area contributed by atoms with E-state index < -0.39 is 42.0 Å². The molecule has 0 aliphatic heterocycles. The van der Waals surface area contributed by atoms with Gasteiger partial charge in [0, 0.05) is 5.56 Å². The number of ether oxygens (including phenoxy) is 1. The van der Waals surface area contributed by atoms with E-state index in [2.05, 4.69) is 15.4 Å². The van der Waals surface area contributed by atoms with Gasteiger partial charge >= 0.3 is 5.97 Å². The number of amides is 2. The number of hydrogen-bond acceptors (Lipinski definition) is 4. The smallest absolute Gasteiger partial charge is 0.307 e. The van der Waals surface area contributed by atoms with Crippen LogP contribution in [0.5, 0.6) is 0 Å². The van der Waals surface area contributed by atoms with Crippen molar-refractivity contribution in [3.63, 3.8) is 0 Å². The van der Waals surface area contributed by atoms with Crippen LogP contribution in [0.15, 0.2) is 48.5 Å². The van der Waals surface area contributed by atoms with Crippen molar-refractivity contribution in [1.82, 2.24) is 10.6 Å². The Bertz CT molecular complexity index is 828. The second-order valence-corrected chi connectivity index (χ2v) is 5.62. The normalized spacial score (nSPS) is 11.4. The lowest BCUT2D eigenvalue weighted by molar-refractivity contribution is -0.141. The van der Waals surface area contributed by atoms with Crippen LogP contribution in [0, 0.1) is 11.6 Å². The molecule has 0 bridgehead atoms. The highest BCUT2D eigenvalue weighted by Crippen LogP contribution is 2.17. The maximum absolute atomic E-state index is 13.2. The second-order valence-electron chi connectivity index (χ2n) is 5.62. The molecular formula is C19H18F2N2O4. The highest BCUT2D eigenvalue weighted by Gasteiger charge is 2.19. The third-order valence-electron chi connectivity index (χ3n) is 3.73. The van der Waals surface area contributed by atoms with Crippen LogP contribution in [-0.2, 0) is 14.3 Å². The largest absolute Gasteiger partial charge is 0.469 e. The highest BCUT2D eigenvalue weighted by molar-refractivity contribution is 5.96. The minimum absolute atomic E-state index is 0.0800. The fourth-order valence-corrected chi connectivity index (χ4v) is 2.33. The number of methoxy groups -OCH3 is 1. The molecular weight excluding hydrogens is 358 g/mol. The molecule has 2 aromatic rings. The van der Waals surface area contributed by atoms with Gasteiger partial charge < -0.3 is 15.4 Å². The Labute approximate surface area is 154 Å². The number of carbonyl (C=O) groups is 3. The summed E-state index contributed by atoms with van der Waals surface area (Å²) < 4.78 is 30.7. The summed E-state index contributed by atoms with van der Waals surface area (Å²) in [6, 6.07) is 10.8. The zero-order valence-electron chi connectivity index (χ0n) is 14.5. The van der Waals surface area contributed by atoms with E-state index in [4.69, 9.17) is 0 Å². The minimum Gasteiger partial charge on any atom is -0.469 e. The van der Waals surface area contributed by atoms with Gasteiger partial charge in [0.05, 0.1) is 26.1 Å². The maximum atomic E-state index is 13.2. The molecule has 2 aromatic carbocycles. The van der Waals surface area contributed by atoms with E-state index in [9.17, 15) is 23.2 Å². The third-order valence-corrected chi connectivity index (χ3v) is 3.73. The zero-order valence-corrected chi connectivity index (χ0v) is 14.5. The van der Waals surface area contributed by atoms with Gasteiger partial charge in [0.15, 0.2) is 11.6 Å². The van der Waals surface area contributed by atoms with E-state index in [1.54, 1.807) is 30.3 Å². The Balaban J connectivity index is 1.97. The van der Waals surface area contributed by atoms with Crippen molar-refractivity contribution in [2.24, 2.45) is 0 Å². The van der Waals surface area contributed by atoms with Crippen molar-refractivity contribution < 1.29 is 27.9 Å². The molecule has 2 N–H and O–H groups in total. The van der Waals surface area contributed by atoms with Gasteiger partial charge in [-0.2, -0.15) is 0 Å². The molecule has 0 saturated carbocycles. The van der Waals surface area contributed by atoms with E-state index in [0.29, 0.717) is 5.56 Å². The molecule has 0 heterocycles. The summed E-state index contributed by atoms with van der Waals surface area (Å²) in [6.07, 6.45) is -0.0800. The van der Waals surface area contributed by atoms with Crippen LogP contribution >= 0.6 is 0 Å². The first-order chi connectivity index (χ1) is 12.9. The lowest BCUT2D eigenvalue weighted by Gasteiger charge is -2.18. The summed E-state index contributed by atoms with van der Waals surface area (Å²) in [5.74, 6) is -4.01. The van der Waals surface area contributed by atoms with Crippen LogP contribution < -0.4 is 10.6 Å². The lowest BCUT2D eigenvalue weighted by Crippen LogP contribution is -2.39. The topological polar surface area (TPSA) is 84.5 Å². The second kappa shape index (κ2) is 9.42. The predicted molar refractivity (Wildman–Crippen MR) is 92.6 cm³/mol. The Morgan fingerprint density at radius 3 is 2.37 bits per heavy atom. The van der Waals surface area contributed by atoms with Gasteiger partial charge in [-0.15, -0.1) is 0 Å². The maximum Gasteiger partial charge on any atom is 0.307 e. The van der Waals surface area contributed by atoms with E-state index in [1.807, 2.05) is 0 Å². The van der Waals surface area contributed by atoms with Gasteiger partial charge in [-0.05, 0) is 23.8 Å². The summed E-state index contributed by atoms with van der Waals surface area (Å²) in [7, 11) is 1.24. The molecule has 27 heavy (non-hydrogen) atoms. The third kappa shape index (κ3) is 5.88. The average molecular weight is 376 g/mol. The van der Waals surface area contributed by atoms with Crippen molar-refractivity contribution in [1.29, 1.82) is 0 Å². The number of esters is 1. The number of carbonyl (C=O) groups excluding carboxylic acids is 3. The SMILES string of the molecule is COC(=O)C[C@@H](NC(=O)CNC(=O)c1ccc(F)c(F)c1)c1ccccc1. The Kier molecular flexibility index (Phi) is 6.99. The molecule has 1 atom stereocenters. The monoisotopic (exact) mass is 376 g/mol. The van der Waals surface area contributed by atoms with Crippen molar-refractivity contribution in [3.05, 3.63) is 71.3 Å². The predicted octanol–water partition coefficient (Wildman–Crippen LogP) is 2.12. The standard InChI is InChI=1S/C19H18F2N2O4/c1-27-18(25)10-16(12-5-3-2-4-6-12)23-17(24)11-22-19(26)13-7-8-14(20)15(21)9-13/h2-9,16H,10-11H2,1H3,(H,22,26)(H,23,24)/t16-/m1/s1. The van der Waals surface area contributed by atoms with Crippen molar-refractivity contribution >= 4 is 17.8 Å². The molecule has 0 spiro atoms. The molecule has 2 rings (SSSR count). The molecule has 0 aliphatic carbocycles. The summed E-state index contributed by atoms with van der Waals surface area (Å²) in [5.41, 5.74) is 0.582. The number of rotatable bonds is 7. The fourth-order valence-electron chi connectivity index (χ4n) is 2.33. The molecule has 0 aliphatic rings.